The summed E-state index contributed by atoms with van der Waals surface area (Å²) < 4.78 is 0. The lowest BCUT2D eigenvalue weighted by atomic mass is 10.0. The number of carboxylic acids is 2. The van der Waals surface area contributed by atoms with Gasteiger partial charge in [-0.15, -0.1) is 0 Å². The van der Waals surface area contributed by atoms with Crippen LogP contribution in [0.15, 0.2) is 12.4 Å². The van der Waals surface area contributed by atoms with E-state index in [2.05, 4.69) is 9.97 Å². The van der Waals surface area contributed by atoms with Crippen LogP contribution in [0.4, 0.5) is 0 Å². The maximum atomic E-state index is 10.8. The predicted molar refractivity (Wildman–Crippen MR) is 45.8 cm³/mol. The van der Waals surface area contributed by atoms with E-state index in [1.54, 1.807) is 0 Å². The highest BCUT2D eigenvalue weighted by atomic mass is 16.4. The number of carbonyl (C=O) groups is 2. The molecule has 0 saturated carbocycles. The molecule has 0 aliphatic carbocycles. The highest BCUT2D eigenvalue weighted by molar-refractivity contribution is 5.76. The Kier molecular flexibility index (Phi) is 3.22. The van der Waals surface area contributed by atoms with Gasteiger partial charge in [0.2, 0.25) is 0 Å². The fourth-order valence-corrected chi connectivity index (χ4v) is 1.11. The van der Waals surface area contributed by atoms with Gasteiger partial charge in [-0.05, 0) is 6.42 Å². The molecule has 3 N–H and O–H groups in total. The first kappa shape index (κ1) is 10.2. The Bertz CT molecular complexity index is 320. The van der Waals surface area contributed by atoms with Gasteiger partial charge < -0.3 is 15.2 Å². The van der Waals surface area contributed by atoms with E-state index in [-0.39, 0.29) is 12.8 Å². The number of rotatable bonds is 5. The fraction of sp³-hybridized carbons (Fsp3) is 0.375. The first-order valence-electron chi connectivity index (χ1n) is 4.05. The molecule has 0 fully saturated rings. The lowest BCUT2D eigenvalue weighted by Gasteiger charge is -2.06. The van der Waals surface area contributed by atoms with Gasteiger partial charge in [0.25, 0.3) is 0 Å². The van der Waals surface area contributed by atoms with Crippen LogP contribution in [0.5, 0.6) is 0 Å². The summed E-state index contributed by atoms with van der Waals surface area (Å²) >= 11 is 0. The van der Waals surface area contributed by atoms with E-state index in [0.717, 1.165) is 0 Å². The van der Waals surface area contributed by atoms with Crippen LogP contribution >= 0.6 is 0 Å². The maximum Gasteiger partial charge on any atom is 0.314 e. The summed E-state index contributed by atoms with van der Waals surface area (Å²) in [6, 6.07) is 0. The van der Waals surface area contributed by atoms with Crippen molar-refractivity contribution < 1.29 is 19.8 Å². The molecule has 0 aliphatic rings. The molecule has 0 radical (unpaired) electrons. The minimum Gasteiger partial charge on any atom is -0.481 e. The van der Waals surface area contributed by atoms with Crippen molar-refractivity contribution in [3.63, 3.8) is 0 Å². The van der Waals surface area contributed by atoms with Crippen molar-refractivity contribution in [1.29, 1.82) is 0 Å². The zero-order chi connectivity index (χ0) is 10.6. The number of H-pyrrole nitrogens is 1. The molecule has 0 aliphatic heterocycles. The van der Waals surface area contributed by atoms with Gasteiger partial charge in [-0.1, -0.05) is 0 Å². The molecule has 0 aromatic carbocycles. The third kappa shape index (κ3) is 2.58. The molecule has 1 atom stereocenters. The minimum atomic E-state index is -1.07. The number of hydrogen-bond acceptors (Lipinski definition) is 3. The van der Waals surface area contributed by atoms with Crippen LogP contribution in [0.3, 0.4) is 0 Å². The second kappa shape index (κ2) is 4.40. The van der Waals surface area contributed by atoms with Crippen LogP contribution in [0, 0.1) is 0 Å². The molecular weight excluding hydrogens is 188 g/mol. The first-order valence-corrected chi connectivity index (χ1v) is 4.05. The average Bonchev–Trinajstić information content (AvgIpc) is 2.56. The summed E-state index contributed by atoms with van der Waals surface area (Å²) in [5.74, 6) is -2.66. The van der Waals surface area contributed by atoms with E-state index in [4.69, 9.17) is 10.2 Å². The maximum absolute atomic E-state index is 10.8. The lowest BCUT2D eigenvalue weighted by molar-refractivity contribution is -0.140. The first-order chi connectivity index (χ1) is 6.61. The molecule has 1 aromatic heterocycles. The van der Waals surface area contributed by atoms with E-state index in [1.807, 2.05) is 0 Å². The van der Waals surface area contributed by atoms with Crippen molar-refractivity contribution in [2.75, 3.05) is 0 Å². The quantitative estimate of drug-likeness (QED) is 0.637. The van der Waals surface area contributed by atoms with Gasteiger partial charge in [-0.2, -0.15) is 0 Å². The zero-order valence-corrected chi connectivity index (χ0v) is 7.30. The number of nitrogens with zero attached hydrogens (tertiary/aromatic N) is 1. The molecule has 1 rings (SSSR count). The van der Waals surface area contributed by atoms with Gasteiger partial charge >= 0.3 is 11.9 Å². The molecule has 6 nitrogen and oxygen atoms in total. The van der Waals surface area contributed by atoms with E-state index in [0.29, 0.717) is 5.82 Å². The molecule has 1 aromatic rings. The molecule has 14 heavy (non-hydrogen) atoms. The molecule has 76 valence electrons. The number of carboxylic acid groups (broad SMARTS) is 2. The van der Waals surface area contributed by atoms with Crippen molar-refractivity contribution >= 4 is 11.9 Å². The van der Waals surface area contributed by atoms with Crippen molar-refractivity contribution in [3.8, 4) is 0 Å². The number of aliphatic carboxylic acids is 2. The molecule has 0 spiro atoms. The highest BCUT2D eigenvalue weighted by Gasteiger charge is 2.22. The third-order valence-electron chi connectivity index (χ3n) is 1.79. The molecule has 1 unspecified atom stereocenters. The Balaban J connectivity index is 2.66. The SMILES string of the molecule is O=C(O)CCC(C(=O)O)c1ncc[nH]1. The van der Waals surface area contributed by atoms with Gasteiger partial charge in [0.1, 0.15) is 11.7 Å². The largest absolute Gasteiger partial charge is 0.481 e. The van der Waals surface area contributed by atoms with Crippen LogP contribution < -0.4 is 0 Å². The Labute approximate surface area is 79.6 Å². The molecule has 0 saturated heterocycles. The van der Waals surface area contributed by atoms with E-state index < -0.39 is 17.9 Å². The third-order valence-corrected chi connectivity index (χ3v) is 1.79. The minimum absolute atomic E-state index is 0.0399. The summed E-state index contributed by atoms with van der Waals surface area (Å²) in [7, 11) is 0. The zero-order valence-electron chi connectivity index (χ0n) is 7.30. The van der Waals surface area contributed by atoms with E-state index >= 15 is 0 Å². The van der Waals surface area contributed by atoms with Gasteiger partial charge in [0.05, 0.1) is 0 Å². The number of nitrogens with one attached hydrogen (secondary N) is 1. The summed E-state index contributed by atoms with van der Waals surface area (Å²) in [6.07, 6.45) is 2.80. The number of hydrogen-bond donors (Lipinski definition) is 3. The van der Waals surface area contributed by atoms with Crippen LogP contribution in [0.25, 0.3) is 0 Å². The Morgan fingerprint density at radius 3 is 2.64 bits per heavy atom. The Hall–Kier alpha value is -1.85. The summed E-state index contributed by atoms with van der Waals surface area (Å²) in [5, 5.41) is 17.2. The highest BCUT2D eigenvalue weighted by Crippen LogP contribution is 2.17. The van der Waals surface area contributed by atoms with Crippen LogP contribution in [0.1, 0.15) is 24.6 Å². The number of imidazole rings is 1. The van der Waals surface area contributed by atoms with E-state index in [9.17, 15) is 9.59 Å². The average molecular weight is 198 g/mol. The summed E-state index contributed by atoms with van der Waals surface area (Å²) in [6.45, 7) is 0. The molecule has 1 heterocycles. The number of aromatic nitrogens is 2. The molecule has 0 bridgehead atoms. The van der Waals surface area contributed by atoms with Crippen LogP contribution in [-0.2, 0) is 9.59 Å². The molecule has 6 heteroatoms. The predicted octanol–water partition coefficient (Wildman–Crippen LogP) is 0.443. The van der Waals surface area contributed by atoms with Crippen molar-refractivity contribution in [1.82, 2.24) is 9.97 Å². The lowest BCUT2D eigenvalue weighted by Crippen LogP contribution is -2.14. The van der Waals surface area contributed by atoms with Crippen LogP contribution in [0.2, 0.25) is 0 Å². The standard InChI is InChI=1S/C8H10N2O4/c11-6(12)2-1-5(8(13)14)7-9-3-4-10-7/h3-5H,1-2H2,(H,9,10)(H,11,12)(H,13,14). The van der Waals surface area contributed by atoms with Gasteiger partial charge in [-0.25, -0.2) is 4.98 Å². The van der Waals surface area contributed by atoms with Gasteiger partial charge in [-0.3, -0.25) is 9.59 Å². The second-order valence-corrected chi connectivity index (χ2v) is 2.80. The molecular formula is C8H10N2O4. The summed E-state index contributed by atoms with van der Waals surface area (Å²) in [5.41, 5.74) is 0. The van der Waals surface area contributed by atoms with E-state index in [1.165, 1.54) is 12.4 Å². The van der Waals surface area contributed by atoms with Crippen LogP contribution in [-0.4, -0.2) is 32.1 Å². The molecule has 0 amide bonds. The smallest absolute Gasteiger partial charge is 0.314 e. The van der Waals surface area contributed by atoms with Crippen molar-refractivity contribution in [2.24, 2.45) is 0 Å². The fourth-order valence-electron chi connectivity index (χ4n) is 1.11. The number of aromatic amines is 1. The monoisotopic (exact) mass is 198 g/mol. The second-order valence-electron chi connectivity index (χ2n) is 2.80. The van der Waals surface area contributed by atoms with Crippen molar-refractivity contribution in [3.05, 3.63) is 18.2 Å². The van der Waals surface area contributed by atoms with Crippen molar-refractivity contribution in [2.45, 2.75) is 18.8 Å². The summed E-state index contributed by atoms with van der Waals surface area (Å²) in [4.78, 5) is 27.5. The van der Waals surface area contributed by atoms with Gasteiger partial charge in [0, 0.05) is 18.8 Å². The normalized spacial score (nSPS) is 12.3. The topological polar surface area (TPSA) is 103 Å². The Morgan fingerprint density at radius 1 is 1.50 bits per heavy atom. The van der Waals surface area contributed by atoms with Gasteiger partial charge in [0.15, 0.2) is 0 Å². The Morgan fingerprint density at radius 2 is 2.21 bits per heavy atom.